The average Bonchev–Trinajstić information content (AvgIpc) is 2.66. The zero-order valence-corrected chi connectivity index (χ0v) is 10.9. The Labute approximate surface area is 108 Å². The van der Waals surface area contributed by atoms with Crippen molar-refractivity contribution in [2.45, 2.75) is 13.0 Å². The van der Waals surface area contributed by atoms with E-state index in [4.69, 9.17) is 11.6 Å². The third-order valence-electron chi connectivity index (χ3n) is 2.17. The van der Waals surface area contributed by atoms with Crippen LogP contribution in [0.3, 0.4) is 0 Å². The molecule has 16 heavy (non-hydrogen) atoms. The van der Waals surface area contributed by atoms with Crippen LogP contribution in [0.4, 0.5) is 0 Å². The molecule has 0 bridgehead atoms. The summed E-state index contributed by atoms with van der Waals surface area (Å²) in [6.45, 7) is 0.731. The minimum Gasteiger partial charge on any atom is -0.248 e. The fraction of sp³-hybridized carbons (Fsp3) is 0.273. The minimum atomic E-state index is 0.579. The van der Waals surface area contributed by atoms with Gasteiger partial charge in [0.2, 0.25) is 0 Å². The molecule has 0 N–H and O–H groups in total. The molecule has 1 aromatic heterocycles. The van der Waals surface area contributed by atoms with Gasteiger partial charge in [-0.2, -0.15) is 0 Å². The summed E-state index contributed by atoms with van der Waals surface area (Å²) in [5.74, 6) is 0.579. The standard InChI is InChI=1S/C11H11BrClN3/c12-10-3-1-2-9(6-10)7-16-8-11(4-5-13)14-15-16/h1-3,6,8H,4-5,7H2. The molecule has 0 aliphatic carbocycles. The van der Waals surface area contributed by atoms with Crippen molar-refractivity contribution >= 4 is 27.5 Å². The molecular weight excluding hydrogens is 289 g/mol. The highest BCUT2D eigenvalue weighted by Crippen LogP contribution is 2.12. The van der Waals surface area contributed by atoms with Gasteiger partial charge in [0.25, 0.3) is 0 Å². The average molecular weight is 301 g/mol. The second kappa shape index (κ2) is 5.46. The summed E-state index contributed by atoms with van der Waals surface area (Å²) >= 11 is 9.09. The molecule has 0 saturated heterocycles. The van der Waals surface area contributed by atoms with Gasteiger partial charge in [-0.3, -0.25) is 0 Å². The van der Waals surface area contributed by atoms with Crippen LogP contribution in [0.1, 0.15) is 11.3 Å². The number of hydrogen-bond donors (Lipinski definition) is 0. The Kier molecular flexibility index (Phi) is 3.96. The molecule has 0 radical (unpaired) electrons. The normalized spacial score (nSPS) is 10.6. The van der Waals surface area contributed by atoms with Gasteiger partial charge in [0.1, 0.15) is 0 Å². The first-order valence-corrected chi connectivity index (χ1v) is 6.30. The summed E-state index contributed by atoms with van der Waals surface area (Å²) in [7, 11) is 0. The van der Waals surface area contributed by atoms with Crippen molar-refractivity contribution in [1.29, 1.82) is 0 Å². The van der Waals surface area contributed by atoms with Gasteiger partial charge in [0, 0.05) is 23.0 Å². The van der Waals surface area contributed by atoms with Crippen molar-refractivity contribution in [3.63, 3.8) is 0 Å². The highest BCUT2D eigenvalue weighted by atomic mass is 79.9. The van der Waals surface area contributed by atoms with Crippen LogP contribution in [0.2, 0.25) is 0 Å². The van der Waals surface area contributed by atoms with Crippen LogP contribution in [-0.4, -0.2) is 20.9 Å². The Hall–Kier alpha value is -0.870. The quantitative estimate of drug-likeness (QED) is 0.813. The number of hydrogen-bond acceptors (Lipinski definition) is 2. The minimum absolute atomic E-state index is 0.579. The van der Waals surface area contributed by atoms with Crippen LogP contribution in [0.15, 0.2) is 34.9 Å². The Balaban J connectivity index is 2.08. The van der Waals surface area contributed by atoms with E-state index in [0.717, 1.165) is 23.1 Å². The lowest BCUT2D eigenvalue weighted by Crippen LogP contribution is -2.00. The Bertz CT molecular complexity index is 470. The van der Waals surface area contributed by atoms with Gasteiger partial charge < -0.3 is 0 Å². The lowest BCUT2D eigenvalue weighted by molar-refractivity contribution is 0.649. The highest BCUT2D eigenvalue weighted by Gasteiger charge is 2.01. The van der Waals surface area contributed by atoms with Crippen molar-refractivity contribution in [3.8, 4) is 0 Å². The van der Waals surface area contributed by atoms with E-state index in [-0.39, 0.29) is 0 Å². The van der Waals surface area contributed by atoms with Gasteiger partial charge in [-0.25, -0.2) is 4.68 Å². The molecule has 0 fully saturated rings. The number of nitrogens with zero attached hydrogens (tertiary/aromatic N) is 3. The number of halogens is 2. The third-order valence-corrected chi connectivity index (χ3v) is 2.85. The van der Waals surface area contributed by atoms with E-state index in [0.29, 0.717) is 5.88 Å². The molecule has 5 heteroatoms. The van der Waals surface area contributed by atoms with Gasteiger partial charge >= 0.3 is 0 Å². The Morgan fingerprint density at radius 1 is 1.38 bits per heavy atom. The van der Waals surface area contributed by atoms with Crippen LogP contribution < -0.4 is 0 Å². The number of rotatable bonds is 4. The van der Waals surface area contributed by atoms with Gasteiger partial charge in [-0.05, 0) is 17.7 Å². The molecule has 0 aliphatic rings. The second-order valence-electron chi connectivity index (χ2n) is 3.48. The van der Waals surface area contributed by atoms with Crippen molar-refractivity contribution in [3.05, 3.63) is 46.2 Å². The molecule has 2 aromatic rings. The molecular formula is C11H11BrClN3. The molecule has 3 nitrogen and oxygen atoms in total. The summed E-state index contributed by atoms with van der Waals surface area (Å²) in [5, 5.41) is 8.09. The highest BCUT2D eigenvalue weighted by molar-refractivity contribution is 9.10. The molecule has 0 aliphatic heterocycles. The summed E-state index contributed by atoms with van der Waals surface area (Å²) in [4.78, 5) is 0. The molecule has 0 amide bonds. The fourth-order valence-corrected chi connectivity index (χ4v) is 2.09. The van der Waals surface area contributed by atoms with Gasteiger partial charge in [-0.1, -0.05) is 33.3 Å². The van der Waals surface area contributed by atoms with Gasteiger partial charge in [0.15, 0.2) is 0 Å². The molecule has 0 saturated carbocycles. The Morgan fingerprint density at radius 2 is 2.25 bits per heavy atom. The van der Waals surface area contributed by atoms with Gasteiger partial charge in [0.05, 0.1) is 12.2 Å². The van der Waals surface area contributed by atoms with E-state index < -0.39 is 0 Å². The van der Waals surface area contributed by atoms with E-state index in [9.17, 15) is 0 Å². The third kappa shape index (κ3) is 3.06. The monoisotopic (exact) mass is 299 g/mol. The lowest BCUT2D eigenvalue weighted by Gasteiger charge is -2.00. The molecule has 1 heterocycles. The van der Waals surface area contributed by atoms with E-state index in [1.54, 1.807) is 0 Å². The lowest BCUT2D eigenvalue weighted by atomic mass is 10.2. The SMILES string of the molecule is ClCCc1cn(Cc2cccc(Br)c2)nn1. The Morgan fingerprint density at radius 3 is 3.00 bits per heavy atom. The maximum absolute atomic E-state index is 5.64. The van der Waals surface area contributed by atoms with Crippen molar-refractivity contribution in [1.82, 2.24) is 15.0 Å². The zero-order chi connectivity index (χ0) is 11.4. The molecule has 0 spiro atoms. The number of alkyl halides is 1. The first kappa shape index (κ1) is 11.6. The molecule has 0 unspecified atom stereocenters. The van der Waals surface area contributed by atoms with Gasteiger partial charge in [-0.15, -0.1) is 16.7 Å². The summed E-state index contributed by atoms with van der Waals surface area (Å²) in [6, 6.07) is 8.15. The topological polar surface area (TPSA) is 30.7 Å². The predicted octanol–water partition coefficient (Wildman–Crippen LogP) is 2.87. The number of benzene rings is 1. The molecule has 1 aromatic carbocycles. The molecule has 2 rings (SSSR count). The summed E-state index contributed by atoms with van der Waals surface area (Å²) in [5.41, 5.74) is 2.13. The van der Waals surface area contributed by atoms with Crippen LogP contribution >= 0.6 is 27.5 Å². The fourth-order valence-electron chi connectivity index (χ4n) is 1.45. The number of aryl methyl sites for hydroxylation is 1. The molecule has 84 valence electrons. The van der Waals surface area contributed by atoms with Crippen LogP contribution in [0, 0.1) is 0 Å². The first-order valence-electron chi connectivity index (χ1n) is 4.97. The summed E-state index contributed by atoms with van der Waals surface area (Å²) < 4.78 is 2.90. The van der Waals surface area contributed by atoms with Crippen molar-refractivity contribution < 1.29 is 0 Å². The van der Waals surface area contributed by atoms with E-state index in [2.05, 4.69) is 38.4 Å². The zero-order valence-electron chi connectivity index (χ0n) is 8.61. The smallest absolute Gasteiger partial charge is 0.0839 e. The summed E-state index contributed by atoms with van der Waals surface area (Å²) in [6.07, 6.45) is 2.70. The van der Waals surface area contributed by atoms with Crippen LogP contribution in [0.5, 0.6) is 0 Å². The number of aromatic nitrogens is 3. The van der Waals surface area contributed by atoms with Crippen LogP contribution in [0.25, 0.3) is 0 Å². The maximum Gasteiger partial charge on any atom is 0.0839 e. The van der Waals surface area contributed by atoms with E-state index in [1.165, 1.54) is 5.56 Å². The van der Waals surface area contributed by atoms with Crippen molar-refractivity contribution in [2.24, 2.45) is 0 Å². The predicted molar refractivity (Wildman–Crippen MR) is 67.7 cm³/mol. The second-order valence-corrected chi connectivity index (χ2v) is 4.77. The molecule has 0 atom stereocenters. The van der Waals surface area contributed by atoms with Crippen molar-refractivity contribution in [2.75, 3.05) is 5.88 Å². The largest absolute Gasteiger partial charge is 0.248 e. The van der Waals surface area contributed by atoms with E-state index >= 15 is 0 Å². The van der Waals surface area contributed by atoms with E-state index in [1.807, 2.05) is 23.0 Å². The van der Waals surface area contributed by atoms with Crippen LogP contribution in [-0.2, 0) is 13.0 Å². The first-order chi connectivity index (χ1) is 7.78. The maximum atomic E-state index is 5.64.